The molecule has 1 N–H and O–H groups in total. The van der Waals surface area contributed by atoms with Crippen molar-refractivity contribution < 1.29 is 4.79 Å². The number of aromatic amines is 1. The van der Waals surface area contributed by atoms with Crippen molar-refractivity contribution in [3.63, 3.8) is 0 Å². The zero-order valence-corrected chi connectivity index (χ0v) is 14.9. The molecule has 4 nitrogen and oxygen atoms in total. The lowest BCUT2D eigenvalue weighted by atomic mass is 10.0. The summed E-state index contributed by atoms with van der Waals surface area (Å²) in [4.78, 5) is 29.4. The van der Waals surface area contributed by atoms with Gasteiger partial charge >= 0.3 is 0 Å². The fourth-order valence-electron chi connectivity index (χ4n) is 3.69. The third-order valence-corrected chi connectivity index (χ3v) is 5.13. The van der Waals surface area contributed by atoms with Gasteiger partial charge in [0.15, 0.2) is 0 Å². The number of amides is 1. The molecule has 0 unspecified atom stereocenters. The van der Waals surface area contributed by atoms with Crippen LogP contribution >= 0.6 is 0 Å². The van der Waals surface area contributed by atoms with Gasteiger partial charge in [0.1, 0.15) is 0 Å². The van der Waals surface area contributed by atoms with Gasteiger partial charge in [0.2, 0.25) is 5.91 Å². The van der Waals surface area contributed by atoms with Gasteiger partial charge in [-0.05, 0) is 60.9 Å². The van der Waals surface area contributed by atoms with E-state index in [1.54, 1.807) is 6.92 Å². The first kappa shape index (κ1) is 16.6. The molecule has 1 aliphatic rings. The van der Waals surface area contributed by atoms with Crippen molar-refractivity contribution in [3.8, 4) is 0 Å². The van der Waals surface area contributed by atoms with Gasteiger partial charge in [-0.1, -0.05) is 30.3 Å². The molecular weight excluding hydrogens is 324 g/mol. The molecule has 0 bridgehead atoms. The summed E-state index contributed by atoms with van der Waals surface area (Å²) in [7, 11) is 0. The molecule has 0 radical (unpaired) electrons. The predicted molar refractivity (Wildman–Crippen MR) is 105 cm³/mol. The molecular formula is C22H22N2O2. The van der Waals surface area contributed by atoms with Gasteiger partial charge in [-0.15, -0.1) is 0 Å². The standard InChI is InChI=1S/C22H22N2O2/c1-15-13-18-10-8-16(14-19(18)23-22(15)26)9-11-21(25)24-12-4-6-17-5-2-3-7-20(17)24/h2-3,5,7-8,10,13-14H,4,6,9,11-12H2,1H3,(H,23,26). The van der Waals surface area contributed by atoms with Crippen LogP contribution in [0.2, 0.25) is 0 Å². The summed E-state index contributed by atoms with van der Waals surface area (Å²) < 4.78 is 0. The molecule has 0 fully saturated rings. The van der Waals surface area contributed by atoms with Gasteiger partial charge in [0, 0.05) is 29.7 Å². The van der Waals surface area contributed by atoms with Crippen molar-refractivity contribution in [3.05, 3.63) is 75.6 Å². The summed E-state index contributed by atoms with van der Waals surface area (Å²) in [6.45, 7) is 2.60. The maximum atomic E-state index is 12.8. The highest BCUT2D eigenvalue weighted by atomic mass is 16.2. The van der Waals surface area contributed by atoms with Gasteiger partial charge in [-0.2, -0.15) is 0 Å². The summed E-state index contributed by atoms with van der Waals surface area (Å²) in [5.74, 6) is 0.162. The van der Waals surface area contributed by atoms with E-state index in [0.29, 0.717) is 18.4 Å². The van der Waals surface area contributed by atoms with Crippen molar-refractivity contribution in [2.24, 2.45) is 0 Å². The molecule has 2 aromatic carbocycles. The van der Waals surface area contributed by atoms with Crippen molar-refractivity contribution in [2.45, 2.75) is 32.6 Å². The van der Waals surface area contributed by atoms with Crippen LogP contribution in [0.25, 0.3) is 10.9 Å². The molecule has 0 saturated carbocycles. The number of fused-ring (bicyclic) bond motifs is 2. The number of aromatic nitrogens is 1. The minimum absolute atomic E-state index is 0.0596. The maximum Gasteiger partial charge on any atom is 0.251 e. The van der Waals surface area contributed by atoms with E-state index >= 15 is 0 Å². The second-order valence-electron chi connectivity index (χ2n) is 6.98. The average molecular weight is 346 g/mol. The molecule has 132 valence electrons. The number of nitrogens with zero attached hydrogens (tertiary/aromatic N) is 1. The highest BCUT2D eigenvalue weighted by Gasteiger charge is 2.21. The smallest absolute Gasteiger partial charge is 0.251 e. The molecule has 4 rings (SSSR count). The molecule has 0 spiro atoms. The Morgan fingerprint density at radius 1 is 1.15 bits per heavy atom. The quantitative estimate of drug-likeness (QED) is 0.785. The van der Waals surface area contributed by atoms with E-state index in [4.69, 9.17) is 0 Å². The normalized spacial score (nSPS) is 13.7. The van der Waals surface area contributed by atoms with Crippen LogP contribution in [0.15, 0.2) is 53.3 Å². The molecule has 2 heterocycles. The summed E-state index contributed by atoms with van der Waals surface area (Å²) in [6, 6.07) is 16.1. The number of H-pyrrole nitrogens is 1. The van der Waals surface area contributed by atoms with Crippen LogP contribution in [0.1, 0.15) is 29.5 Å². The van der Waals surface area contributed by atoms with E-state index in [-0.39, 0.29) is 11.5 Å². The van der Waals surface area contributed by atoms with Gasteiger partial charge in [-0.3, -0.25) is 9.59 Å². The van der Waals surface area contributed by atoms with Crippen LogP contribution in [0, 0.1) is 6.92 Å². The number of carbonyl (C=O) groups excluding carboxylic acids is 1. The van der Waals surface area contributed by atoms with Crippen molar-refractivity contribution in [1.29, 1.82) is 0 Å². The van der Waals surface area contributed by atoms with Gasteiger partial charge in [-0.25, -0.2) is 0 Å². The number of hydrogen-bond acceptors (Lipinski definition) is 2. The molecule has 4 heteroatoms. The number of pyridine rings is 1. The summed E-state index contributed by atoms with van der Waals surface area (Å²) >= 11 is 0. The molecule has 0 atom stereocenters. The Bertz CT molecular complexity index is 1040. The molecule has 1 aliphatic heterocycles. The monoisotopic (exact) mass is 346 g/mol. The molecule has 3 aromatic rings. The van der Waals surface area contributed by atoms with Gasteiger partial charge in [0.05, 0.1) is 0 Å². The lowest BCUT2D eigenvalue weighted by molar-refractivity contribution is -0.118. The predicted octanol–water partition coefficient (Wildman–Crippen LogP) is 3.75. The molecule has 0 saturated heterocycles. The third kappa shape index (κ3) is 3.15. The number of nitrogens with one attached hydrogen (secondary N) is 1. The highest BCUT2D eigenvalue weighted by Crippen LogP contribution is 2.27. The Hall–Kier alpha value is -2.88. The van der Waals surface area contributed by atoms with Crippen LogP contribution in [-0.4, -0.2) is 17.4 Å². The Morgan fingerprint density at radius 2 is 2.00 bits per heavy atom. The Balaban J connectivity index is 1.51. The third-order valence-electron chi connectivity index (χ3n) is 5.13. The average Bonchev–Trinajstić information content (AvgIpc) is 2.66. The fourth-order valence-corrected chi connectivity index (χ4v) is 3.69. The van der Waals surface area contributed by atoms with Gasteiger partial charge in [0.25, 0.3) is 5.56 Å². The number of para-hydroxylation sites is 1. The van der Waals surface area contributed by atoms with E-state index in [2.05, 4.69) is 11.1 Å². The van der Waals surface area contributed by atoms with E-state index in [0.717, 1.165) is 41.5 Å². The molecule has 26 heavy (non-hydrogen) atoms. The largest absolute Gasteiger partial charge is 0.322 e. The number of carbonyl (C=O) groups is 1. The fraction of sp³-hybridized carbons (Fsp3) is 0.273. The van der Waals surface area contributed by atoms with E-state index in [1.165, 1.54) is 5.56 Å². The zero-order valence-electron chi connectivity index (χ0n) is 14.9. The molecule has 0 aliphatic carbocycles. The SMILES string of the molecule is Cc1cc2ccc(CCC(=O)N3CCCc4ccccc43)cc2[nH]c1=O. The number of anilines is 1. The second-order valence-corrected chi connectivity index (χ2v) is 6.98. The first-order chi connectivity index (χ1) is 12.6. The van der Waals surface area contributed by atoms with E-state index in [9.17, 15) is 9.59 Å². The van der Waals surface area contributed by atoms with Crippen molar-refractivity contribution in [2.75, 3.05) is 11.4 Å². The highest BCUT2D eigenvalue weighted by molar-refractivity contribution is 5.94. The zero-order chi connectivity index (χ0) is 18.1. The Labute approximate surface area is 152 Å². The Kier molecular flexibility index (Phi) is 4.33. The van der Waals surface area contributed by atoms with E-state index < -0.39 is 0 Å². The number of hydrogen-bond donors (Lipinski definition) is 1. The van der Waals surface area contributed by atoms with Crippen LogP contribution in [0.5, 0.6) is 0 Å². The van der Waals surface area contributed by atoms with Crippen LogP contribution in [-0.2, 0) is 17.6 Å². The number of aryl methyl sites for hydroxylation is 3. The van der Waals surface area contributed by atoms with E-state index in [1.807, 2.05) is 47.4 Å². The lowest BCUT2D eigenvalue weighted by Crippen LogP contribution is -2.35. The van der Waals surface area contributed by atoms with Crippen molar-refractivity contribution >= 4 is 22.5 Å². The van der Waals surface area contributed by atoms with Crippen LogP contribution < -0.4 is 10.5 Å². The first-order valence-electron chi connectivity index (χ1n) is 9.13. The first-order valence-corrected chi connectivity index (χ1v) is 9.13. The summed E-state index contributed by atoms with van der Waals surface area (Å²) in [5, 5.41) is 1.02. The lowest BCUT2D eigenvalue weighted by Gasteiger charge is -2.29. The molecule has 1 amide bonds. The summed E-state index contributed by atoms with van der Waals surface area (Å²) in [5.41, 5.74) is 4.86. The number of rotatable bonds is 3. The minimum Gasteiger partial charge on any atom is -0.322 e. The second kappa shape index (κ2) is 6.79. The Morgan fingerprint density at radius 3 is 2.88 bits per heavy atom. The van der Waals surface area contributed by atoms with Gasteiger partial charge < -0.3 is 9.88 Å². The minimum atomic E-state index is -0.0596. The summed E-state index contributed by atoms with van der Waals surface area (Å²) in [6.07, 6.45) is 3.19. The molecule has 1 aromatic heterocycles. The van der Waals surface area contributed by atoms with Crippen LogP contribution in [0.4, 0.5) is 5.69 Å². The van der Waals surface area contributed by atoms with Crippen molar-refractivity contribution in [1.82, 2.24) is 4.98 Å². The van der Waals surface area contributed by atoms with Crippen LogP contribution in [0.3, 0.4) is 0 Å². The maximum absolute atomic E-state index is 12.8. The topological polar surface area (TPSA) is 53.2 Å². The number of benzene rings is 2.